The molecule has 0 bridgehead atoms. The molecule has 1 heterocycles. The van der Waals surface area contributed by atoms with Crippen LogP contribution >= 0.6 is 11.6 Å². The Morgan fingerprint density at radius 2 is 2.09 bits per heavy atom. The number of rotatable bonds is 1. The van der Waals surface area contributed by atoms with E-state index in [1.54, 1.807) is 0 Å². The van der Waals surface area contributed by atoms with Crippen molar-refractivity contribution in [1.29, 1.82) is 0 Å². The average Bonchev–Trinajstić information content (AvgIpc) is 2.11. The molecule has 11 heavy (non-hydrogen) atoms. The van der Waals surface area contributed by atoms with E-state index in [0.717, 1.165) is 0 Å². The van der Waals surface area contributed by atoms with Gasteiger partial charge in [-0.2, -0.15) is 8.42 Å². The molecule has 0 aliphatic carbocycles. The monoisotopic (exact) mass is 221 g/mol. The maximum absolute atomic E-state index is 10.4. The summed E-state index contributed by atoms with van der Waals surface area (Å²) in [6.45, 7) is 0. The Bertz CT molecular complexity index is 333. The molecule has 0 fully saturated rings. The number of aromatic nitrogens is 1. The van der Waals surface area contributed by atoms with Crippen LogP contribution in [0.25, 0.3) is 0 Å². The summed E-state index contributed by atoms with van der Waals surface area (Å²) in [5.41, 5.74) is 0. The standard InChI is InChI=1S/C4H4ClNO3S.K.H/c5-4-3(1-2-6-4)10(7,8)9;;/h1-2,6H,(H,7,8,9);;. The minimum atomic E-state index is -4.15. The van der Waals surface area contributed by atoms with Crippen LogP contribution in [0.3, 0.4) is 0 Å². The molecule has 4 nitrogen and oxygen atoms in total. The normalized spacial score (nSPS) is 10.7. The third-order valence-corrected chi connectivity index (χ3v) is 2.26. The molecule has 2 N–H and O–H groups in total. The molecule has 58 valence electrons. The van der Waals surface area contributed by atoms with E-state index in [1.165, 1.54) is 12.3 Å². The van der Waals surface area contributed by atoms with E-state index in [4.69, 9.17) is 16.2 Å². The van der Waals surface area contributed by atoms with Crippen LogP contribution in [0.1, 0.15) is 0 Å². The molecule has 0 spiro atoms. The van der Waals surface area contributed by atoms with E-state index in [2.05, 4.69) is 4.98 Å². The third-order valence-electron chi connectivity index (χ3n) is 0.939. The molecule has 0 saturated carbocycles. The van der Waals surface area contributed by atoms with E-state index in [9.17, 15) is 8.42 Å². The van der Waals surface area contributed by atoms with Gasteiger partial charge in [-0.1, -0.05) is 11.6 Å². The summed E-state index contributed by atoms with van der Waals surface area (Å²) in [6, 6.07) is 1.18. The van der Waals surface area contributed by atoms with Gasteiger partial charge in [0.2, 0.25) is 0 Å². The van der Waals surface area contributed by atoms with E-state index in [0.29, 0.717) is 0 Å². The molecule has 0 aromatic carbocycles. The van der Waals surface area contributed by atoms with Crippen molar-refractivity contribution in [2.24, 2.45) is 0 Å². The number of nitrogens with one attached hydrogen (secondary N) is 1. The van der Waals surface area contributed by atoms with Gasteiger partial charge in [0.05, 0.1) is 0 Å². The zero-order chi connectivity index (χ0) is 7.78. The molecule has 7 heteroatoms. The first-order valence-corrected chi connectivity index (χ1v) is 4.14. The number of halogens is 1. The second-order valence-electron chi connectivity index (χ2n) is 1.63. The Morgan fingerprint density at radius 1 is 1.55 bits per heavy atom. The van der Waals surface area contributed by atoms with Crippen molar-refractivity contribution in [3.8, 4) is 0 Å². The quantitative estimate of drug-likeness (QED) is 0.528. The van der Waals surface area contributed by atoms with Gasteiger partial charge >= 0.3 is 51.4 Å². The number of aromatic amines is 1. The van der Waals surface area contributed by atoms with Crippen molar-refractivity contribution in [2.45, 2.75) is 4.90 Å². The zero-order valence-corrected chi connectivity index (χ0v) is 6.28. The summed E-state index contributed by atoms with van der Waals surface area (Å²) in [5.74, 6) is 0. The van der Waals surface area contributed by atoms with Gasteiger partial charge in [0.15, 0.2) is 0 Å². The van der Waals surface area contributed by atoms with Gasteiger partial charge in [0, 0.05) is 6.20 Å². The van der Waals surface area contributed by atoms with Crippen LogP contribution in [0.2, 0.25) is 5.15 Å². The first kappa shape index (κ1) is 12.1. The topological polar surface area (TPSA) is 70.2 Å². The molecule has 1 aromatic heterocycles. The second kappa shape index (κ2) is 4.38. The zero-order valence-electron chi connectivity index (χ0n) is 4.70. The fraction of sp³-hybridized carbons (Fsp3) is 0. The predicted octanol–water partition coefficient (Wildman–Crippen LogP) is 0.266. The van der Waals surface area contributed by atoms with Gasteiger partial charge in [-0.05, 0) is 6.07 Å². The van der Waals surface area contributed by atoms with Crippen molar-refractivity contribution in [3.05, 3.63) is 17.4 Å². The summed E-state index contributed by atoms with van der Waals surface area (Å²) in [5, 5.41) is -0.0810. The van der Waals surface area contributed by atoms with Crippen LogP contribution in [-0.4, -0.2) is 69.3 Å². The van der Waals surface area contributed by atoms with Crippen molar-refractivity contribution >= 4 is 73.1 Å². The van der Waals surface area contributed by atoms with Gasteiger partial charge in [0.25, 0.3) is 10.1 Å². The van der Waals surface area contributed by atoms with E-state index >= 15 is 0 Å². The molecular weight excluding hydrogens is 217 g/mol. The first-order chi connectivity index (χ1) is 4.52. The Morgan fingerprint density at radius 3 is 2.27 bits per heavy atom. The van der Waals surface area contributed by atoms with Crippen molar-refractivity contribution in [3.63, 3.8) is 0 Å². The van der Waals surface area contributed by atoms with Gasteiger partial charge in [0.1, 0.15) is 10.0 Å². The molecule has 0 aliphatic heterocycles. The maximum atomic E-state index is 10.4. The van der Waals surface area contributed by atoms with E-state index in [-0.39, 0.29) is 61.4 Å². The fourth-order valence-corrected chi connectivity index (χ4v) is 1.48. The molecule has 0 atom stereocenters. The molecule has 0 unspecified atom stereocenters. The summed E-state index contributed by atoms with van der Waals surface area (Å²) in [4.78, 5) is 2.10. The minimum absolute atomic E-state index is 0. The van der Waals surface area contributed by atoms with Gasteiger partial charge in [-0.25, -0.2) is 0 Å². The molecule has 1 aromatic rings. The Labute approximate surface area is 111 Å². The van der Waals surface area contributed by atoms with Gasteiger partial charge < -0.3 is 4.98 Å². The van der Waals surface area contributed by atoms with Crippen molar-refractivity contribution in [2.75, 3.05) is 0 Å². The second-order valence-corrected chi connectivity index (χ2v) is 3.40. The molecule has 0 amide bonds. The van der Waals surface area contributed by atoms with E-state index < -0.39 is 10.1 Å². The molecule has 1 rings (SSSR count). The summed E-state index contributed by atoms with van der Waals surface area (Å²) >= 11 is 5.33. The van der Waals surface area contributed by atoms with Crippen LogP contribution in [0.5, 0.6) is 0 Å². The van der Waals surface area contributed by atoms with Crippen LogP contribution in [0.4, 0.5) is 0 Å². The van der Waals surface area contributed by atoms with Crippen LogP contribution in [0.15, 0.2) is 17.2 Å². The van der Waals surface area contributed by atoms with Gasteiger partial charge in [-0.15, -0.1) is 0 Å². The summed E-state index contributed by atoms with van der Waals surface area (Å²) < 4.78 is 29.2. The summed E-state index contributed by atoms with van der Waals surface area (Å²) in [6.07, 6.45) is 1.32. The van der Waals surface area contributed by atoms with Crippen LogP contribution in [-0.2, 0) is 10.1 Å². The molecule has 0 radical (unpaired) electrons. The number of hydrogen-bond donors (Lipinski definition) is 2. The first-order valence-electron chi connectivity index (χ1n) is 2.32. The Hall–Kier alpha value is 1.12. The van der Waals surface area contributed by atoms with Crippen LogP contribution in [0, 0.1) is 0 Å². The molecule has 0 saturated heterocycles. The van der Waals surface area contributed by atoms with Crippen molar-refractivity contribution in [1.82, 2.24) is 4.98 Å². The van der Waals surface area contributed by atoms with Crippen LogP contribution < -0.4 is 0 Å². The number of hydrogen-bond acceptors (Lipinski definition) is 2. The molecular formula is C4H5ClKNO3S. The third kappa shape index (κ3) is 3.15. The Kier molecular flexibility index (Phi) is 4.82. The molecule has 0 aliphatic rings. The number of H-pyrrole nitrogens is 1. The summed E-state index contributed by atoms with van der Waals surface area (Å²) in [7, 11) is -4.15. The SMILES string of the molecule is O=S(=O)(O)c1cc[nH]c1Cl.[KH]. The van der Waals surface area contributed by atoms with E-state index in [1.807, 2.05) is 0 Å². The average molecular weight is 222 g/mol. The fourth-order valence-electron chi connectivity index (χ4n) is 0.534. The van der Waals surface area contributed by atoms with Crippen molar-refractivity contribution < 1.29 is 13.0 Å². The Balaban J connectivity index is 0.000001000. The van der Waals surface area contributed by atoms with Gasteiger partial charge in [-0.3, -0.25) is 4.55 Å². The predicted molar refractivity (Wildman–Crippen MR) is 42.8 cm³/mol.